The van der Waals surface area contributed by atoms with E-state index in [1.165, 1.54) is 11.3 Å². The van der Waals surface area contributed by atoms with Crippen LogP contribution in [0.5, 0.6) is 0 Å². The molecule has 0 aliphatic heterocycles. The van der Waals surface area contributed by atoms with Crippen LogP contribution >= 0.6 is 34.5 Å². The molecule has 116 valence electrons. The Balaban J connectivity index is 1.78. The summed E-state index contributed by atoms with van der Waals surface area (Å²) in [6.07, 6.45) is 1.71. The highest BCUT2D eigenvalue weighted by Crippen LogP contribution is 2.30. The summed E-state index contributed by atoms with van der Waals surface area (Å²) in [6.45, 7) is 0. The third kappa shape index (κ3) is 3.82. The molecule has 0 saturated heterocycles. The first kappa shape index (κ1) is 15.8. The Kier molecular flexibility index (Phi) is 4.81. The average molecular weight is 364 g/mol. The number of carbonyl (C=O) groups excluding carboxylic acids is 1. The van der Waals surface area contributed by atoms with E-state index in [4.69, 9.17) is 23.2 Å². The Morgan fingerprint density at radius 2 is 1.96 bits per heavy atom. The molecule has 0 bridgehead atoms. The standard InChI is InChI=1S/C16H11Cl2N3OS/c17-12-5-2-6-13(14(12)18)21-15(22)10-3-1-4-11(9-10)20-16-19-7-8-23-16/h1-9H,(H,19,20)(H,21,22). The maximum absolute atomic E-state index is 12.4. The van der Waals surface area contributed by atoms with Crippen LogP contribution in [0.4, 0.5) is 16.5 Å². The number of amides is 1. The van der Waals surface area contributed by atoms with Gasteiger partial charge in [-0.3, -0.25) is 4.79 Å². The molecule has 3 aromatic rings. The van der Waals surface area contributed by atoms with Gasteiger partial charge in [-0.1, -0.05) is 35.3 Å². The maximum Gasteiger partial charge on any atom is 0.255 e. The summed E-state index contributed by atoms with van der Waals surface area (Å²) < 4.78 is 0. The summed E-state index contributed by atoms with van der Waals surface area (Å²) in [5.41, 5.74) is 1.76. The highest BCUT2D eigenvalue weighted by Gasteiger charge is 2.11. The van der Waals surface area contributed by atoms with Crippen molar-refractivity contribution in [1.82, 2.24) is 4.98 Å². The molecular formula is C16H11Cl2N3OS. The Bertz CT molecular complexity index is 837. The summed E-state index contributed by atoms with van der Waals surface area (Å²) in [6, 6.07) is 12.2. The van der Waals surface area contributed by atoms with Gasteiger partial charge in [-0.05, 0) is 30.3 Å². The zero-order valence-electron chi connectivity index (χ0n) is 11.7. The Morgan fingerprint density at radius 3 is 2.74 bits per heavy atom. The lowest BCUT2D eigenvalue weighted by Crippen LogP contribution is -2.12. The van der Waals surface area contributed by atoms with Gasteiger partial charge in [0.1, 0.15) is 0 Å². The summed E-state index contributed by atoms with van der Waals surface area (Å²) in [5.74, 6) is -0.267. The number of anilines is 3. The quantitative estimate of drug-likeness (QED) is 0.648. The van der Waals surface area contributed by atoms with E-state index in [-0.39, 0.29) is 5.91 Å². The first-order chi connectivity index (χ1) is 11.1. The van der Waals surface area contributed by atoms with E-state index in [0.717, 1.165) is 10.8 Å². The minimum atomic E-state index is -0.267. The monoisotopic (exact) mass is 363 g/mol. The van der Waals surface area contributed by atoms with E-state index in [2.05, 4.69) is 15.6 Å². The van der Waals surface area contributed by atoms with E-state index >= 15 is 0 Å². The molecule has 0 aliphatic rings. The summed E-state index contributed by atoms with van der Waals surface area (Å²) in [5, 5.41) is 9.25. The van der Waals surface area contributed by atoms with E-state index < -0.39 is 0 Å². The van der Waals surface area contributed by atoms with Crippen molar-refractivity contribution >= 4 is 57.0 Å². The number of nitrogens with zero attached hydrogens (tertiary/aromatic N) is 1. The minimum Gasteiger partial charge on any atom is -0.332 e. The molecule has 1 amide bonds. The van der Waals surface area contributed by atoms with Gasteiger partial charge in [0.05, 0.1) is 15.7 Å². The molecule has 1 heterocycles. The van der Waals surface area contributed by atoms with E-state index in [1.807, 2.05) is 11.4 Å². The van der Waals surface area contributed by atoms with Gasteiger partial charge in [0.25, 0.3) is 5.91 Å². The van der Waals surface area contributed by atoms with Crippen LogP contribution in [0.2, 0.25) is 10.0 Å². The number of rotatable bonds is 4. The molecule has 3 rings (SSSR count). The molecule has 23 heavy (non-hydrogen) atoms. The Morgan fingerprint density at radius 1 is 1.13 bits per heavy atom. The van der Waals surface area contributed by atoms with E-state index in [1.54, 1.807) is 42.6 Å². The molecule has 2 aromatic carbocycles. The van der Waals surface area contributed by atoms with Crippen LogP contribution in [0, 0.1) is 0 Å². The van der Waals surface area contributed by atoms with Crippen LogP contribution in [-0.2, 0) is 0 Å². The Hall–Kier alpha value is -2.08. The van der Waals surface area contributed by atoms with Gasteiger partial charge in [-0.15, -0.1) is 11.3 Å². The third-order valence-corrected chi connectivity index (χ3v) is 4.52. The van der Waals surface area contributed by atoms with E-state index in [0.29, 0.717) is 21.3 Å². The molecule has 0 saturated carbocycles. The maximum atomic E-state index is 12.4. The minimum absolute atomic E-state index is 0.267. The van der Waals surface area contributed by atoms with Crippen molar-refractivity contribution in [1.29, 1.82) is 0 Å². The van der Waals surface area contributed by atoms with Crippen molar-refractivity contribution < 1.29 is 4.79 Å². The van der Waals surface area contributed by atoms with Gasteiger partial charge >= 0.3 is 0 Å². The van der Waals surface area contributed by atoms with Gasteiger partial charge in [0.15, 0.2) is 5.13 Å². The number of hydrogen-bond donors (Lipinski definition) is 2. The van der Waals surface area contributed by atoms with Gasteiger partial charge in [0.2, 0.25) is 0 Å². The summed E-state index contributed by atoms with van der Waals surface area (Å²) >= 11 is 13.5. The first-order valence-corrected chi connectivity index (χ1v) is 8.29. The zero-order chi connectivity index (χ0) is 16.2. The van der Waals surface area contributed by atoms with Gasteiger partial charge in [0, 0.05) is 22.8 Å². The fourth-order valence-electron chi connectivity index (χ4n) is 1.94. The third-order valence-electron chi connectivity index (χ3n) is 3.01. The van der Waals surface area contributed by atoms with Crippen molar-refractivity contribution in [2.45, 2.75) is 0 Å². The predicted octanol–water partition coefficient (Wildman–Crippen LogP) is 5.45. The highest BCUT2D eigenvalue weighted by molar-refractivity contribution is 7.13. The molecule has 0 fully saturated rings. The van der Waals surface area contributed by atoms with Crippen LogP contribution in [0.25, 0.3) is 0 Å². The fraction of sp³-hybridized carbons (Fsp3) is 0. The first-order valence-electron chi connectivity index (χ1n) is 6.65. The molecule has 0 aliphatic carbocycles. The number of halogens is 2. The van der Waals surface area contributed by atoms with Crippen molar-refractivity contribution in [2.75, 3.05) is 10.6 Å². The van der Waals surface area contributed by atoms with Crippen molar-refractivity contribution in [3.05, 3.63) is 69.7 Å². The zero-order valence-corrected chi connectivity index (χ0v) is 14.0. The number of carbonyl (C=O) groups is 1. The van der Waals surface area contributed by atoms with Crippen LogP contribution in [-0.4, -0.2) is 10.9 Å². The van der Waals surface area contributed by atoms with Crippen molar-refractivity contribution in [3.63, 3.8) is 0 Å². The van der Waals surface area contributed by atoms with Crippen LogP contribution < -0.4 is 10.6 Å². The molecule has 7 heteroatoms. The summed E-state index contributed by atoms with van der Waals surface area (Å²) in [4.78, 5) is 16.5. The smallest absolute Gasteiger partial charge is 0.255 e. The topological polar surface area (TPSA) is 54.0 Å². The molecule has 1 aromatic heterocycles. The number of aromatic nitrogens is 1. The van der Waals surface area contributed by atoms with Gasteiger partial charge in [-0.25, -0.2) is 4.98 Å². The molecule has 0 radical (unpaired) electrons. The van der Waals surface area contributed by atoms with E-state index in [9.17, 15) is 4.79 Å². The second kappa shape index (κ2) is 7.00. The normalized spacial score (nSPS) is 10.3. The highest BCUT2D eigenvalue weighted by atomic mass is 35.5. The lowest BCUT2D eigenvalue weighted by Gasteiger charge is -2.09. The van der Waals surface area contributed by atoms with Crippen molar-refractivity contribution in [2.24, 2.45) is 0 Å². The van der Waals surface area contributed by atoms with Gasteiger partial charge < -0.3 is 10.6 Å². The predicted molar refractivity (Wildman–Crippen MR) is 96.3 cm³/mol. The lowest BCUT2D eigenvalue weighted by atomic mass is 10.2. The lowest BCUT2D eigenvalue weighted by molar-refractivity contribution is 0.102. The fourth-order valence-corrected chi connectivity index (χ4v) is 2.84. The Labute approximate surface area is 147 Å². The molecule has 0 unspecified atom stereocenters. The number of nitrogens with one attached hydrogen (secondary N) is 2. The molecular weight excluding hydrogens is 353 g/mol. The molecule has 0 spiro atoms. The van der Waals surface area contributed by atoms with Crippen LogP contribution in [0.1, 0.15) is 10.4 Å². The number of benzene rings is 2. The molecule has 0 atom stereocenters. The van der Waals surface area contributed by atoms with Crippen molar-refractivity contribution in [3.8, 4) is 0 Å². The second-order valence-electron chi connectivity index (χ2n) is 4.60. The number of thiazole rings is 1. The number of hydrogen-bond acceptors (Lipinski definition) is 4. The SMILES string of the molecule is O=C(Nc1cccc(Cl)c1Cl)c1cccc(Nc2nccs2)c1. The molecule has 2 N–H and O–H groups in total. The van der Waals surface area contributed by atoms with Gasteiger partial charge in [-0.2, -0.15) is 0 Å². The van der Waals surface area contributed by atoms with Crippen LogP contribution in [0.3, 0.4) is 0 Å². The average Bonchev–Trinajstić information content (AvgIpc) is 3.05. The summed E-state index contributed by atoms with van der Waals surface area (Å²) in [7, 11) is 0. The van der Waals surface area contributed by atoms with Crippen LogP contribution in [0.15, 0.2) is 54.0 Å². The second-order valence-corrected chi connectivity index (χ2v) is 6.28. The largest absolute Gasteiger partial charge is 0.332 e. The molecule has 4 nitrogen and oxygen atoms in total.